The monoisotopic (exact) mass is 370 g/mol. The van der Waals surface area contributed by atoms with E-state index in [1.807, 2.05) is 37.3 Å². The molecule has 4 rings (SSSR count). The average molecular weight is 370 g/mol. The first-order valence-electron chi connectivity index (χ1n) is 8.78. The van der Waals surface area contributed by atoms with E-state index >= 15 is 0 Å². The SMILES string of the molecule is Cc1nc(CN2CC[C@@H](NC(=O)c3cc4ccccc4[nH]3)[C@H](O)C2)cs1. The summed E-state index contributed by atoms with van der Waals surface area (Å²) < 4.78 is 0. The van der Waals surface area contributed by atoms with Crippen molar-refractivity contribution in [3.05, 3.63) is 52.1 Å². The van der Waals surface area contributed by atoms with Crippen molar-refractivity contribution in [1.29, 1.82) is 0 Å². The Morgan fingerprint density at radius 3 is 3.04 bits per heavy atom. The summed E-state index contributed by atoms with van der Waals surface area (Å²) in [6.07, 6.45) is 0.132. The van der Waals surface area contributed by atoms with Crippen molar-refractivity contribution in [3.63, 3.8) is 0 Å². The molecule has 1 aliphatic heterocycles. The van der Waals surface area contributed by atoms with Crippen molar-refractivity contribution < 1.29 is 9.90 Å². The number of fused-ring (bicyclic) bond motifs is 1. The van der Waals surface area contributed by atoms with Crippen LogP contribution in [0.4, 0.5) is 0 Å². The number of thiazole rings is 1. The Balaban J connectivity index is 1.36. The van der Waals surface area contributed by atoms with E-state index in [9.17, 15) is 9.90 Å². The van der Waals surface area contributed by atoms with Gasteiger partial charge in [-0.15, -0.1) is 11.3 Å². The first kappa shape index (κ1) is 17.2. The highest BCUT2D eigenvalue weighted by Crippen LogP contribution is 2.18. The quantitative estimate of drug-likeness (QED) is 0.658. The van der Waals surface area contributed by atoms with Gasteiger partial charge in [0, 0.05) is 35.9 Å². The molecule has 7 heteroatoms. The predicted octanol–water partition coefficient (Wildman–Crippen LogP) is 2.30. The molecular weight excluding hydrogens is 348 g/mol. The summed E-state index contributed by atoms with van der Waals surface area (Å²) in [5, 5.41) is 17.6. The molecule has 2 atom stereocenters. The Bertz CT molecular complexity index is 886. The molecule has 0 aliphatic carbocycles. The molecule has 26 heavy (non-hydrogen) atoms. The minimum atomic E-state index is -0.586. The topological polar surface area (TPSA) is 81.2 Å². The Labute approximate surface area is 155 Å². The number of piperidine rings is 1. The van der Waals surface area contributed by atoms with Crippen molar-refractivity contribution in [3.8, 4) is 0 Å². The molecule has 0 saturated carbocycles. The molecule has 3 heterocycles. The van der Waals surface area contributed by atoms with Crippen LogP contribution in [0.5, 0.6) is 0 Å². The molecule has 1 amide bonds. The second-order valence-electron chi connectivity index (χ2n) is 6.80. The third-order valence-corrected chi connectivity index (χ3v) is 5.63. The number of nitrogens with zero attached hydrogens (tertiary/aromatic N) is 2. The van der Waals surface area contributed by atoms with Gasteiger partial charge in [-0.05, 0) is 25.5 Å². The van der Waals surface area contributed by atoms with E-state index in [1.54, 1.807) is 11.3 Å². The lowest BCUT2D eigenvalue weighted by molar-refractivity contribution is 0.0345. The van der Waals surface area contributed by atoms with E-state index in [4.69, 9.17) is 0 Å². The molecule has 6 nitrogen and oxygen atoms in total. The summed E-state index contributed by atoms with van der Waals surface area (Å²) in [6, 6.07) is 9.40. The lowest BCUT2D eigenvalue weighted by Crippen LogP contribution is -2.53. The highest BCUT2D eigenvalue weighted by molar-refractivity contribution is 7.09. The predicted molar refractivity (Wildman–Crippen MR) is 102 cm³/mol. The number of nitrogens with one attached hydrogen (secondary N) is 2. The number of aromatic nitrogens is 2. The van der Waals surface area contributed by atoms with Crippen molar-refractivity contribution in [2.75, 3.05) is 13.1 Å². The number of hydrogen-bond donors (Lipinski definition) is 3. The Morgan fingerprint density at radius 2 is 2.31 bits per heavy atom. The number of H-pyrrole nitrogens is 1. The molecule has 1 aliphatic rings. The molecule has 3 aromatic rings. The standard InChI is InChI=1S/C19H22N4O2S/c1-12-20-14(11-26-12)9-23-7-6-16(18(24)10-23)22-19(25)17-8-13-4-2-3-5-15(13)21-17/h2-5,8,11,16,18,21,24H,6-7,9-10H2,1H3,(H,22,25)/t16-,18-/m1/s1. The highest BCUT2D eigenvalue weighted by Gasteiger charge is 2.29. The van der Waals surface area contributed by atoms with Gasteiger partial charge in [0.2, 0.25) is 0 Å². The van der Waals surface area contributed by atoms with E-state index in [0.717, 1.165) is 41.1 Å². The van der Waals surface area contributed by atoms with Crippen LogP contribution in [0.15, 0.2) is 35.7 Å². The maximum atomic E-state index is 12.5. The number of aliphatic hydroxyl groups excluding tert-OH is 1. The van der Waals surface area contributed by atoms with Gasteiger partial charge in [-0.2, -0.15) is 0 Å². The molecule has 1 saturated heterocycles. The summed E-state index contributed by atoms with van der Waals surface area (Å²) in [5.41, 5.74) is 2.51. The molecule has 136 valence electrons. The van der Waals surface area contributed by atoms with Crippen molar-refractivity contribution in [2.24, 2.45) is 0 Å². The summed E-state index contributed by atoms with van der Waals surface area (Å²) in [5.74, 6) is -0.172. The van der Waals surface area contributed by atoms with Crippen LogP contribution in [0.2, 0.25) is 0 Å². The number of rotatable bonds is 4. The van der Waals surface area contributed by atoms with Crippen molar-refractivity contribution >= 4 is 28.1 Å². The van der Waals surface area contributed by atoms with E-state index in [0.29, 0.717) is 12.2 Å². The molecule has 0 spiro atoms. The van der Waals surface area contributed by atoms with Crippen LogP contribution in [0.3, 0.4) is 0 Å². The highest BCUT2D eigenvalue weighted by atomic mass is 32.1. The van der Waals surface area contributed by atoms with E-state index in [-0.39, 0.29) is 11.9 Å². The molecule has 2 aromatic heterocycles. The van der Waals surface area contributed by atoms with Gasteiger partial charge < -0.3 is 15.4 Å². The van der Waals surface area contributed by atoms with Crippen LogP contribution < -0.4 is 5.32 Å². The van der Waals surface area contributed by atoms with Crippen molar-refractivity contribution in [1.82, 2.24) is 20.2 Å². The number of aromatic amines is 1. The first-order valence-corrected chi connectivity index (χ1v) is 9.66. The largest absolute Gasteiger partial charge is 0.390 e. The molecule has 3 N–H and O–H groups in total. The molecule has 1 aromatic carbocycles. The Morgan fingerprint density at radius 1 is 1.46 bits per heavy atom. The van der Waals surface area contributed by atoms with E-state index < -0.39 is 6.10 Å². The maximum absolute atomic E-state index is 12.5. The van der Waals surface area contributed by atoms with Crippen LogP contribution >= 0.6 is 11.3 Å². The lowest BCUT2D eigenvalue weighted by atomic mass is 10.0. The minimum Gasteiger partial charge on any atom is -0.390 e. The number of benzene rings is 1. The van der Waals surface area contributed by atoms with Gasteiger partial charge in [0.05, 0.1) is 22.8 Å². The van der Waals surface area contributed by atoms with Crippen LogP contribution in [-0.2, 0) is 6.54 Å². The Kier molecular flexibility index (Phi) is 4.76. The minimum absolute atomic E-state index is 0.172. The first-order chi connectivity index (χ1) is 12.6. The summed E-state index contributed by atoms with van der Waals surface area (Å²) in [7, 11) is 0. The number of carbonyl (C=O) groups is 1. The van der Waals surface area contributed by atoms with E-state index in [1.165, 1.54) is 0 Å². The average Bonchev–Trinajstić information content (AvgIpc) is 3.23. The second-order valence-corrected chi connectivity index (χ2v) is 7.86. The zero-order chi connectivity index (χ0) is 18.1. The number of para-hydroxylation sites is 1. The molecule has 0 unspecified atom stereocenters. The third kappa shape index (κ3) is 3.65. The molecule has 1 fully saturated rings. The summed E-state index contributed by atoms with van der Waals surface area (Å²) in [4.78, 5) is 22.3. The number of aryl methyl sites for hydroxylation is 1. The smallest absolute Gasteiger partial charge is 0.268 e. The fourth-order valence-electron chi connectivity index (χ4n) is 3.46. The summed E-state index contributed by atoms with van der Waals surface area (Å²) in [6.45, 7) is 4.10. The van der Waals surface area contributed by atoms with Crippen LogP contribution in [-0.4, -0.2) is 51.1 Å². The number of carbonyl (C=O) groups excluding carboxylic acids is 1. The molecule has 0 bridgehead atoms. The maximum Gasteiger partial charge on any atom is 0.268 e. The van der Waals surface area contributed by atoms with Crippen LogP contribution in [0, 0.1) is 6.92 Å². The van der Waals surface area contributed by atoms with Gasteiger partial charge in [0.25, 0.3) is 5.91 Å². The van der Waals surface area contributed by atoms with Crippen molar-refractivity contribution in [2.45, 2.75) is 32.0 Å². The van der Waals surface area contributed by atoms with Gasteiger partial charge in [-0.3, -0.25) is 9.69 Å². The summed E-state index contributed by atoms with van der Waals surface area (Å²) >= 11 is 1.64. The van der Waals surface area contributed by atoms with Gasteiger partial charge in [-0.25, -0.2) is 4.98 Å². The second kappa shape index (κ2) is 7.19. The van der Waals surface area contributed by atoms with Gasteiger partial charge in [0.15, 0.2) is 0 Å². The van der Waals surface area contributed by atoms with E-state index in [2.05, 4.69) is 25.6 Å². The molecule has 0 radical (unpaired) electrons. The third-order valence-electron chi connectivity index (χ3n) is 4.81. The number of aliphatic hydroxyl groups is 1. The fraction of sp³-hybridized carbons (Fsp3) is 0.368. The van der Waals surface area contributed by atoms with Crippen LogP contribution in [0.1, 0.15) is 27.6 Å². The Hall–Kier alpha value is -2.22. The number of amides is 1. The van der Waals surface area contributed by atoms with Gasteiger partial charge in [-0.1, -0.05) is 18.2 Å². The number of β-amino-alcohol motifs (C(OH)–C–C–N with tert-alkyl or cyclic N) is 1. The normalized spacial score (nSPS) is 21.2. The van der Waals surface area contributed by atoms with Gasteiger partial charge in [0.1, 0.15) is 5.69 Å². The number of likely N-dealkylation sites (tertiary alicyclic amines) is 1. The molecular formula is C19H22N4O2S. The van der Waals surface area contributed by atoms with Gasteiger partial charge >= 0.3 is 0 Å². The lowest BCUT2D eigenvalue weighted by Gasteiger charge is -2.35. The zero-order valence-corrected chi connectivity index (χ0v) is 15.4. The zero-order valence-electron chi connectivity index (χ0n) is 14.6. The fourth-order valence-corrected chi connectivity index (χ4v) is 4.06. The van der Waals surface area contributed by atoms with Crippen LogP contribution in [0.25, 0.3) is 10.9 Å². The number of hydrogen-bond acceptors (Lipinski definition) is 5.